The molecule has 246 valence electrons. The van der Waals surface area contributed by atoms with Crippen molar-refractivity contribution in [3.8, 4) is 39.9 Å². The summed E-state index contributed by atoms with van der Waals surface area (Å²) in [5.74, 6) is 1.43. The van der Waals surface area contributed by atoms with Crippen molar-refractivity contribution in [2.45, 2.75) is 96.8 Å². The standard InChI is InChI=1S/C37H50O8/c1-6-7-8-9-10-11-12-13-14-15-16-17-18-19-20-21-33(38)44-30-24-27(22-23-29(30)40-2)28-25-34(39)45-31-26-32(41-3)36(42-4)37(43-5)35(28)31/h13-14,22-26H,6-12,15-21H2,1-5H3/b14-13-. The number of unbranched alkanes of at least 4 members (excludes halogenated alkanes) is 11. The van der Waals surface area contributed by atoms with Crippen molar-refractivity contribution < 1.29 is 32.9 Å². The predicted octanol–water partition coefficient (Wildman–Crippen LogP) is 9.44. The monoisotopic (exact) mass is 622 g/mol. The second-order valence-electron chi connectivity index (χ2n) is 11.2. The molecule has 2 aromatic carbocycles. The third-order valence-corrected chi connectivity index (χ3v) is 7.88. The number of carbonyl (C=O) groups is 1. The summed E-state index contributed by atoms with van der Waals surface area (Å²) < 4.78 is 33.3. The Morgan fingerprint density at radius 1 is 0.689 bits per heavy atom. The Hall–Kier alpha value is -3.94. The molecular weight excluding hydrogens is 572 g/mol. The first-order valence-electron chi connectivity index (χ1n) is 16.3. The topological polar surface area (TPSA) is 93.4 Å². The molecular formula is C37H50O8. The van der Waals surface area contributed by atoms with Crippen LogP contribution in [-0.4, -0.2) is 34.4 Å². The van der Waals surface area contributed by atoms with Crippen LogP contribution in [0.1, 0.15) is 96.8 Å². The Balaban J connectivity index is 1.56. The van der Waals surface area contributed by atoms with Gasteiger partial charge in [-0.15, -0.1) is 0 Å². The van der Waals surface area contributed by atoms with E-state index in [1.807, 2.05) is 0 Å². The van der Waals surface area contributed by atoms with Crippen LogP contribution in [0.25, 0.3) is 22.1 Å². The van der Waals surface area contributed by atoms with Gasteiger partial charge in [0.15, 0.2) is 23.0 Å². The zero-order valence-electron chi connectivity index (χ0n) is 27.7. The molecule has 3 rings (SSSR count). The summed E-state index contributed by atoms with van der Waals surface area (Å²) >= 11 is 0. The third kappa shape index (κ3) is 10.6. The highest BCUT2D eigenvalue weighted by Gasteiger charge is 2.22. The molecule has 0 atom stereocenters. The Labute approximate surface area is 267 Å². The number of hydrogen-bond acceptors (Lipinski definition) is 8. The van der Waals surface area contributed by atoms with Gasteiger partial charge in [0.05, 0.1) is 33.8 Å². The van der Waals surface area contributed by atoms with Crippen molar-refractivity contribution in [1.29, 1.82) is 0 Å². The molecule has 0 amide bonds. The number of benzene rings is 2. The molecule has 0 saturated heterocycles. The van der Waals surface area contributed by atoms with Gasteiger partial charge in [-0.1, -0.05) is 76.5 Å². The average molecular weight is 623 g/mol. The number of ether oxygens (including phenoxy) is 5. The highest BCUT2D eigenvalue weighted by atomic mass is 16.6. The van der Waals surface area contributed by atoms with Crippen molar-refractivity contribution in [2.75, 3.05) is 28.4 Å². The van der Waals surface area contributed by atoms with Crippen LogP contribution in [0.15, 0.2) is 51.7 Å². The highest BCUT2D eigenvalue weighted by molar-refractivity contribution is 6.01. The van der Waals surface area contributed by atoms with Gasteiger partial charge in [0.2, 0.25) is 5.75 Å². The van der Waals surface area contributed by atoms with E-state index < -0.39 is 5.63 Å². The Bertz CT molecular complexity index is 1440. The molecule has 0 bridgehead atoms. The Morgan fingerprint density at radius 2 is 1.31 bits per heavy atom. The largest absolute Gasteiger partial charge is 0.493 e. The second kappa shape index (κ2) is 19.4. The number of esters is 1. The molecule has 0 spiro atoms. The SMILES string of the molecule is CCCCCCCC/C=C\CCCCCCCC(=O)Oc1cc(-c2cc(=O)oc3cc(OC)c(OC)c(OC)c23)ccc1OC. The highest BCUT2D eigenvalue weighted by Crippen LogP contribution is 2.47. The van der Waals surface area contributed by atoms with Crippen LogP contribution in [0.3, 0.4) is 0 Å². The van der Waals surface area contributed by atoms with Gasteiger partial charge < -0.3 is 28.1 Å². The molecule has 45 heavy (non-hydrogen) atoms. The fraction of sp³-hybridized carbons (Fsp3) is 0.514. The molecule has 0 unspecified atom stereocenters. The van der Waals surface area contributed by atoms with E-state index in [2.05, 4.69) is 19.1 Å². The first kappa shape index (κ1) is 35.5. The number of fused-ring (bicyclic) bond motifs is 1. The number of hydrogen-bond donors (Lipinski definition) is 0. The number of allylic oxidation sites excluding steroid dienone is 2. The van der Waals surface area contributed by atoms with Gasteiger partial charge in [-0.05, 0) is 49.8 Å². The van der Waals surface area contributed by atoms with Crippen LogP contribution < -0.4 is 29.3 Å². The maximum atomic E-state index is 12.8. The van der Waals surface area contributed by atoms with Crippen LogP contribution in [0.4, 0.5) is 0 Å². The molecule has 8 heteroatoms. The van der Waals surface area contributed by atoms with Gasteiger partial charge in [0.1, 0.15) is 5.58 Å². The molecule has 0 aliphatic rings. The zero-order valence-corrected chi connectivity index (χ0v) is 27.7. The van der Waals surface area contributed by atoms with E-state index in [-0.39, 0.29) is 17.3 Å². The molecule has 0 radical (unpaired) electrons. The van der Waals surface area contributed by atoms with Crippen molar-refractivity contribution in [1.82, 2.24) is 0 Å². The molecule has 1 heterocycles. The second-order valence-corrected chi connectivity index (χ2v) is 11.2. The minimum atomic E-state index is -0.551. The van der Waals surface area contributed by atoms with E-state index in [9.17, 15) is 9.59 Å². The van der Waals surface area contributed by atoms with Crippen molar-refractivity contribution in [2.24, 2.45) is 0 Å². The lowest BCUT2D eigenvalue weighted by molar-refractivity contribution is -0.134. The van der Waals surface area contributed by atoms with E-state index in [0.717, 1.165) is 32.1 Å². The van der Waals surface area contributed by atoms with E-state index in [4.69, 9.17) is 28.1 Å². The molecule has 1 aromatic heterocycles. The first-order chi connectivity index (χ1) is 22.0. The summed E-state index contributed by atoms with van der Waals surface area (Å²) in [7, 11) is 6.02. The molecule has 0 aliphatic carbocycles. The van der Waals surface area contributed by atoms with Crippen LogP contribution in [0.5, 0.6) is 28.7 Å². The lowest BCUT2D eigenvalue weighted by Gasteiger charge is -2.17. The van der Waals surface area contributed by atoms with E-state index in [0.29, 0.717) is 45.9 Å². The van der Waals surface area contributed by atoms with Crippen molar-refractivity contribution in [3.05, 3.63) is 52.9 Å². The molecule has 0 saturated carbocycles. The fourth-order valence-electron chi connectivity index (χ4n) is 5.46. The van der Waals surface area contributed by atoms with Gasteiger partial charge in [-0.3, -0.25) is 4.79 Å². The smallest absolute Gasteiger partial charge is 0.336 e. The maximum absolute atomic E-state index is 12.8. The van der Waals surface area contributed by atoms with Gasteiger partial charge >= 0.3 is 11.6 Å². The normalized spacial score (nSPS) is 11.2. The summed E-state index contributed by atoms with van der Waals surface area (Å²) in [4.78, 5) is 25.3. The van der Waals surface area contributed by atoms with Gasteiger partial charge in [-0.2, -0.15) is 0 Å². The molecule has 3 aromatic rings. The molecule has 0 fully saturated rings. The third-order valence-electron chi connectivity index (χ3n) is 7.88. The van der Waals surface area contributed by atoms with Gasteiger partial charge in [-0.25, -0.2) is 4.79 Å². The minimum absolute atomic E-state index is 0.269. The van der Waals surface area contributed by atoms with Crippen LogP contribution in [-0.2, 0) is 4.79 Å². The fourth-order valence-corrected chi connectivity index (χ4v) is 5.46. The lowest BCUT2D eigenvalue weighted by atomic mass is 10.00. The predicted molar refractivity (Wildman–Crippen MR) is 179 cm³/mol. The zero-order chi connectivity index (χ0) is 32.4. The van der Waals surface area contributed by atoms with Crippen LogP contribution in [0.2, 0.25) is 0 Å². The van der Waals surface area contributed by atoms with Crippen LogP contribution in [0, 0.1) is 0 Å². The van der Waals surface area contributed by atoms with E-state index in [1.165, 1.54) is 85.9 Å². The number of carbonyl (C=O) groups excluding carboxylic acids is 1. The summed E-state index contributed by atoms with van der Waals surface area (Å²) in [5.41, 5.74) is 0.857. The molecule has 8 nitrogen and oxygen atoms in total. The van der Waals surface area contributed by atoms with Gasteiger partial charge in [0, 0.05) is 24.1 Å². The lowest BCUT2D eigenvalue weighted by Crippen LogP contribution is -2.08. The van der Waals surface area contributed by atoms with Crippen molar-refractivity contribution >= 4 is 16.9 Å². The van der Waals surface area contributed by atoms with Crippen LogP contribution >= 0.6 is 0 Å². The van der Waals surface area contributed by atoms with E-state index >= 15 is 0 Å². The maximum Gasteiger partial charge on any atom is 0.336 e. The summed E-state index contributed by atoms with van der Waals surface area (Å²) in [6, 6.07) is 8.12. The Morgan fingerprint density at radius 3 is 1.93 bits per heavy atom. The molecule has 0 N–H and O–H groups in total. The average Bonchev–Trinajstić information content (AvgIpc) is 3.05. The Kier molecular flexibility index (Phi) is 15.4. The number of methoxy groups -OCH3 is 4. The summed E-state index contributed by atoms with van der Waals surface area (Å²) in [5, 5.41) is 0.519. The van der Waals surface area contributed by atoms with E-state index in [1.54, 1.807) is 24.3 Å². The summed E-state index contributed by atoms with van der Waals surface area (Å²) in [6.07, 6.45) is 20.5. The quantitative estimate of drug-likeness (QED) is 0.0381. The molecule has 0 aliphatic heterocycles. The summed E-state index contributed by atoms with van der Waals surface area (Å²) in [6.45, 7) is 2.25. The van der Waals surface area contributed by atoms with Gasteiger partial charge in [0.25, 0.3) is 0 Å². The first-order valence-corrected chi connectivity index (χ1v) is 16.3. The minimum Gasteiger partial charge on any atom is -0.493 e. The number of rotatable bonds is 21. The van der Waals surface area contributed by atoms with Crippen molar-refractivity contribution in [3.63, 3.8) is 0 Å².